The number of aliphatic hydroxyl groups is 1. The van der Waals surface area contributed by atoms with Gasteiger partial charge in [-0.25, -0.2) is 0 Å². The quantitative estimate of drug-likeness (QED) is 0.731. The normalized spacial score (nSPS) is 17.6. The van der Waals surface area contributed by atoms with Gasteiger partial charge in [-0.15, -0.1) is 11.3 Å². The first-order chi connectivity index (χ1) is 9.04. The molecular formula is C13H20N2O2S2. The molecule has 1 aromatic heterocycles. The van der Waals surface area contributed by atoms with Crippen molar-refractivity contribution in [3.63, 3.8) is 0 Å². The molecule has 0 radical (unpaired) electrons. The van der Waals surface area contributed by atoms with Crippen LogP contribution < -0.4 is 5.32 Å². The summed E-state index contributed by atoms with van der Waals surface area (Å²) in [6.07, 6.45) is 4.67. The van der Waals surface area contributed by atoms with Crippen LogP contribution in [0.4, 0.5) is 0 Å². The zero-order chi connectivity index (χ0) is 13.9. The zero-order valence-electron chi connectivity index (χ0n) is 11.1. The van der Waals surface area contributed by atoms with E-state index in [-0.39, 0.29) is 17.9 Å². The van der Waals surface area contributed by atoms with Gasteiger partial charge >= 0.3 is 0 Å². The van der Waals surface area contributed by atoms with Gasteiger partial charge in [-0.2, -0.15) is 0 Å². The lowest BCUT2D eigenvalue weighted by Crippen LogP contribution is -2.38. The number of thiazole rings is 1. The van der Waals surface area contributed by atoms with Crippen molar-refractivity contribution in [3.8, 4) is 0 Å². The number of carbonyl (C=O) groups is 1. The lowest BCUT2D eigenvalue weighted by molar-refractivity contribution is -0.121. The molecule has 1 saturated carbocycles. The van der Waals surface area contributed by atoms with E-state index in [0.29, 0.717) is 16.9 Å². The van der Waals surface area contributed by atoms with Crippen LogP contribution in [0.1, 0.15) is 36.3 Å². The average molecular weight is 300 g/mol. The molecule has 19 heavy (non-hydrogen) atoms. The molecule has 1 aliphatic carbocycles. The lowest BCUT2D eigenvalue weighted by Gasteiger charge is -2.26. The summed E-state index contributed by atoms with van der Waals surface area (Å²) in [5.74, 6) is 0.00748. The van der Waals surface area contributed by atoms with E-state index >= 15 is 0 Å². The third kappa shape index (κ3) is 3.64. The molecule has 0 spiro atoms. The maximum Gasteiger partial charge on any atom is 0.225 e. The summed E-state index contributed by atoms with van der Waals surface area (Å²) in [5, 5.41) is 12.5. The van der Waals surface area contributed by atoms with E-state index in [4.69, 9.17) is 12.2 Å². The van der Waals surface area contributed by atoms with E-state index in [0.717, 1.165) is 36.3 Å². The van der Waals surface area contributed by atoms with Gasteiger partial charge < -0.3 is 15.4 Å². The molecule has 0 aliphatic heterocycles. The molecule has 1 heterocycles. The molecule has 0 atom stereocenters. The molecule has 1 amide bonds. The van der Waals surface area contributed by atoms with Crippen LogP contribution in [-0.2, 0) is 11.2 Å². The summed E-state index contributed by atoms with van der Waals surface area (Å²) < 4.78 is 0.711. The number of H-pyrrole nitrogens is 1. The molecule has 6 heteroatoms. The summed E-state index contributed by atoms with van der Waals surface area (Å²) in [6.45, 7) is 2.67. The van der Waals surface area contributed by atoms with Gasteiger partial charge in [-0.1, -0.05) is 12.8 Å². The van der Waals surface area contributed by atoms with Gasteiger partial charge in [0.2, 0.25) is 5.91 Å². The van der Waals surface area contributed by atoms with E-state index in [1.54, 1.807) is 0 Å². The van der Waals surface area contributed by atoms with Crippen LogP contribution >= 0.6 is 23.6 Å². The van der Waals surface area contributed by atoms with E-state index < -0.39 is 0 Å². The van der Waals surface area contributed by atoms with Crippen LogP contribution in [0, 0.1) is 16.3 Å². The van der Waals surface area contributed by atoms with Gasteiger partial charge in [-0.05, 0) is 32.0 Å². The number of hydrogen-bond acceptors (Lipinski definition) is 4. The SMILES string of the molecule is Cc1[nH]c(=S)sc1CC(=O)NCC1(CO)CCCC1. The van der Waals surface area contributed by atoms with Gasteiger partial charge in [0.05, 0.1) is 13.0 Å². The monoisotopic (exact) mass is 300 g/mol. The molecule has 1 aromatic rings. The number of aliphatic hydroxyl groups excluding tert-OH is 1. The van der Waals surface area contributed by atoms with Crippen LogP contribution in [0.5, 0.6) is 0 Å². The summed E-state index contributed by atoms with van der Waals surface area (Å²) in [5.41, 5.74) is 0.887. The van der Waals surface area contributed by atoms with Crippen molar-refractivity contribution < 1.29 is 9.90 Å². The third-order valence-electron chi connectivity index (χ3n) is 3.91. The van der Waals surface area contributed by atoms with Crippen LogP contribution in [0.15, 0.2) is 0 Å². The summed E-state index contributed by atoms with van der Waals surface area (Å²) >= 11 is 6.51. The first kappa shape index (κ1) is 14.7. The van der Waals surface area contributed by atoms with Crippen molar-refractivity contribution in [1.29, 1.82) is 0 Å². The highest BCUT2D eigenvalue weighted by Crippen LogP contribution is 2.36. The van der Waals surface area contributed by atoms with Crippen LogP contribution in [0.2, 0.25) is 0 Å². The number of aromatic nitrogens is 1. The van der Waals surface area contributed by atoms with E-state index in [1.165, 1.54) is 11.3 Å². The van der Waals surface area contributed by atoms with Crippen molar-refractivity contribution in [3.05, 3.63) is 14.5 Å². The summed E-state index contributed by atoms with van der Waals surface area (Å²) in [7, 11) is 0. The molecule has 4 nitrogen and oxygen atoms in total. The Bertz CT molecular complexity index is 501. The third-order valence-corrected chi connectivity index (χ3v) is 5.24. The zero-order valence-corrected chi connectivity index (χ0v) is 12.8. The van der Waals surface area contributed by atoms with Crippen molar-refractivity contribution >= 4 is 29.5 Å². The van der Waals surface area contributed by atoms with Gasteiger partial charge in [0.25, 0.3) is 0 Å². The fourth-order valence-electron chi connectivity index (χ4n) is 2.62. The Kier molecular flexibility index (Phi) is 4.76. The highest BCUT2D eigenvalue weighted by Gasteiger charge is 2.33. The van der Waals surface area contributed by atoms with Gasteiger partial charge in [0, 0.05) is 22.5 Å². The average Bonchev–Trinajstić information content (AvgIpc) is 2.95. The Hall–Kier alpha value is -0.720. The maximum atomic E-state index is 12.0. The highest BCUT2D eigenvalue weighted by atomic mass is 32.1. The van der Waals surface area contributed by atoms with Gasteiger partial charge in [0.1, 0.15) is 0 Å². The van der Waals surface area contributed by atoms with Gasteiger partial charge in [0.15, 0.2) is 3.95 Å². The maximum absolute atomic E-state index is 12.0. The molecular weight excluding hydrogens is 280 g/mol. The molecule has 0 saturated heterocycles. The predicted octanol–water partition coefficient (Wildman–Crippen LogP) is 2.33. The van der Waals surface area contributed by atoms with E-state index in [9.17, 15) is 9.90 Å². The van der Waals surface area contributed by atoms with E-state index in [2.05, 4.69) is 10.3 Å². The Balaban J connectivity index is 1.88. The topological polar surface area (TPSA) is 65.1 Å². The number of aromatic amines is 1. The minimum Gasteiger partial charge on any atom is -0.396 e. The second kappa shape index (κ2) is 6.15. The molecule has 0 unspecified atom stereocenters. The predicted molar refractivity (Wildman–Crippen MR) is 78.9 cm³/mol. The molecule has 106 valence electrons. The summed E-state index contributed by atoms with van der Waals surface area (Å²) in [4.78, 5) is 16.0. The highest BCUT2D eigenvalue weighted by molar-refractivity contribution is 7.73. The first-order valence-corrected chi connectivity index (χ1v) is 7.83. The number of carbonyl (C=O) groups excluding carboxylic acids is 1. The first-order valence-electron chi connectivity index (χ1n) is 6.61. The fourth-order valence-corrected chi connectivity index (χ4v) is 3.91. The number of hydrogen-bond donors (Lipinski definition) is 3. The second-order valence-electron chi connectivity index (χ2n) is 5.38. The number of nitrogens with one attached hydrogen (secondary N) is 2. The molecule has 0 aromatic carbocycles. The fraction of sp³-hybridized carbons (Fsp3) is 0.692. The Labute approximate surface area is 122 Å². The Morgan fingerprint density at radius 3 is 2.74 bits per heavy atom. The van der Waals surface area contributed by atoms with Crippen LogP contribution in [0.3, 0.4) is 0 Å². The second-order valence-corrected chi connectivity index (χ2v) is 7.15. The standard InChI is InChI=1S/C13H20N2O2S2/c1-9-10(19-12(18)15-9)6-11(17)14-7-13(8-16)4-2-3-5-13/h16H,2-8H2,1H3,(H,14,17)(H,15,18). The molecule has 3 N–H and O–H groups in total. The van der Waals surface area contributed by atoms with Crippen LogP contribution in [-0.4, -0.2) is 29.1 Å². The summed E-state index contributed by atoms with van der Waals surface area (Å²) in [6, 6.07) is 0. The van der Waals surface area contributed by atoms with Crippen molar-refractivity contribution in [2.45, 2.75) is 39.0 Å². The lowest BCUT2D eigenvalue weighted by atomic mass is 9.87. The largest absolute Gasteiger partial charge is 0.396 e. The Morgan fingerprint density at radius 1 is 1.53 bits per heavy atom. The number of rotatable bonds is 5. The van der Waals surface area contributed by atoms with Gasteiger partial charge in [-0.3, -0.25) is 4.79 Å². The molecule has 2 rings (SSSR count). The Morgan fingerprint density at radius 2 is 2.21 bits per heavy atom. The van der Waals surface area contributed by atoms with Crippen molar-refractivity contribution in [2.75, 3.05) is 13.2 Å². The van der Waals surface area contributed by atoms with Crippen LogP contribution in [0.25, 0.3) is 0 Å². The van der Waals surface area contributed by atoms with E-state index in [1.807, 2.05) is 6.92 Å². The minimum atomic E-state index is -0.0878. The van der Waals surface area contributed by atoms with Crippen molar-refractivity contribution in [2.24, 2.45) is 5.41 Å². The minimum absolute atomic E-state index is 0.00748. The number of aryl methyl sites for hydroxylation is 1. The number of amides is 1. The molecule has 1 fully saturated rings. The molecule has 0 bridgehead atoms. The van der Waals surface area contributed by atoms with Crippen molar-refractivity contribution in [1.82, 2.24) is 10.3 Å². The molecule has 1 aliphatic rings. The smallest absolute Gasteiger partial charge is 0.225 e.